The van der Waals surface area contributed by atoms with Crippen LogP contribution >= 0.6 is 0 Å². The first-order chi connectivity index (χ1) is 15.6. The van der Waals surface area contributed by atoms with Crippen molar-refractivity contribution < 1.29 is 18.7 Å². The molecule has 1 heterocycles. The van der Waals surface area contributed by atoms with Crippen molar-refractivity contribution in [3.05, 3.63) is 101 Å². The van der Waals surface area contributed by atoms with E-state index in [1.165, 1.54) is 11.6 Å². The molecule has 1 aliphatic rings. The first-order valence-corrected chi connectivity index (χ1v) is 11.0. The molecule has 0 saturated carbocycles. The number of halogens is 1. The summed E-state index contributed by atoms with van der Waals surface area (Å²) < 4.78 is 25.2. The molecule has 1 amide bonds. The Kier molecular flexibility index (Phi) is 7.17. The van der Waals surface area contributed by atoms with Gasteiger partial charge in [-0.3, -0.25) is 4.79 Å². The molecule has 0 aromatic heterocycles. The van der Waals surface area contributed by atoms with Crippen LogP contribution in [0.25, 0.3) is 0 Å². The summed E-state index contributed by atoms with van der Waals surface area (Å²) in [6, 6.07) is 24.6. The molecule has 166 valence electrons. The molecule has 1 saturated heterocycles. The van der Waals surface area contributed by atoms with E-state index in [0.717, 1.165) is 30.4 Å². The van der Waals surface area contributed by atoms with Crippen LogP contribution in [0.1, 0.15) is 29.5 Å². The van der Waals surface area contributed by atoms with Crippen LogP contribution in [0.5, 0.6) is 5.75 Å². The molecule has 4 rings (SSSR count). The summed E-state index contributed by atoms with van der Waals surface area (Å²) in [5.41, 5.74) is 2.79. The number of ether oxygens (including phenoxy) is 2. The lowest BCUT2D eigenvalue weighted by atomic mass is 9.74. The largest absolute Gasteiger partial charge is 0.483 e. The minimum absolute atomic E-state index is 0.0679. The van der Waals surface area contributed by atoms with Crippen LogP contribution in [0.2, 0.25) is 0 Å². The van der Waals surface area contributed by atoms with E-state index in [2.05, 4.69) is 17.4 Å². The third kappa shape index (κ3) is 5.54. The summed E-state index contributed by atoms with van der Waals surface area (Å²) in [7, 11) is 0. The van der Waals surface area contributed by atoms with E-state index in [-0.39, 0.29) is 23.7 Å². The maximum absolute atomic E-state index is 13.9. The lowest BCUT2D eigenvalue weighted by Gasteiger charge is -2.38. The van der Waals surface area contributed by atoms with Crippen molar-refractivity contribution in [2.75, 3.05) is 26.4 Å². The van der Waals surface area contributed by atoms with Gasteiger partial charge in [-0.1, -0.05) is 60.7 Å². The molecular weight excluding hydrogens is 405 g/mol. The Bertz CT molecular complexity index is 1030. The number of para-hydroxylation sites is 1. The van der Waals surface area contributed by atoms with Crippen molar-refractivity contribution in [1.82, 2.24) is 5.32 Å². The summed E-state index contributed by atoms with van der Waals surface area (Å²) in [6.07, 6.45) is 2.20. The van der Waals surface area contributed by atoms with E-state index >= 15 is 0 Å². The molecule has 0 bridgehead atoms. The molecule has 3 aromatic carbocycles. The van der Waals surface area contributed by atoms with Gasteiger partial charge < -0.3 is 14.8 Å². The van der Waals surface area contributed by atoms with Gasteiger partial charge in [0.25, 0.3) is 5.91 Å². The Morgan fingerprint density at radius 1 is 0.969 bits per heavy atom. The average molecular weight is 434 g/mol. The molecule has 5 heteroatoms. The third-order valence-corrected chi connectivity index (χ3v) is 6.08. The van der Waals surface area contributed by atoms with Crippen molar-refractivity contribution in [2.24, 2.45) is 0 Å². The second-order valence-corrected chi connectivity index (χ2v) is 8.24. The molecule has 1 fully saturated rings. The van der Waals surface area contributed by atoms with Crippen LogP contribution in [-0.2, 0) is 21.4 Å². The highest BCUT2D eigenvalue weighted by Gasteiger charge is 2.35. The Morgan fingerprint density at radius 2 is 1.72 bits per heavy atom. The topological polar surface area (TPSA) is 47.6 Å². The molecular formula is C27H28FNO3. The van der Waals surface area contributed by atoms with Gasteiger partial charge >= 0.3 is 0 Å². The minimum atomic E-state index is -0.332. The standard InChI is InChI=1S/C27H28FNO3/c28-24-11-6-10-23(18-24)27(13-15-31-16-14-27)20-29-26(30)19-32-25-12-5-4-9-22(25)17-21-7-2-1-3-8-21/h1-12,18H,13-17,19-20H2,(H,29,30). The van der Waals surface area contributed by atoms with Gasteiger partial charge in [0.1, 0.15) is 11.6 Å². The number of hydrogen-bond acceptors (Lipinski definition) is 3. The molecule has 1 N–H and O–H groups in total. The third-order valence-electron chi connectivity index (χ3n) is 6.08. The van der Waals surface area contributed by atoms with E-state index in [1.807, 2.05) is 48.5 Å². The highest BCUT2D eigenvalue weighted by Crippen LogP contribution is 2.34. The monoisotopic (exact) mass is 433 g/mol. The number of amides is 1. The maximum atomic E-state index is 13.9. The zero-order chi connectivity index (χ0) is 22.2. The first kappa shape index (κ1) is 22.0. The zero-order valence-electron chi connectivity index (χ0n) is 18.1. The number of nitrogens with one attached hydrogen (secondary N) is 1. The number of benzene rings is 3. The summed E-state index contributed by atoms with van der Waals surface area (Å²) in [5.74, 6) is 0.247. The van der Waals surface area contributed by atoms with Gasteiger partial charge in [0, 0.05) is 31.6 Å². The summed E-state index contributed by atoms with van der Waals surface area (Å²) in [4.78, 5) is 12.6. The van der Waals surface area contributed by atoms with Gasteiger partial charge in [0.15, 0.2) is 6.61 Å². The van der Waals surface area contributed by atoms with Gasteiger partial charge in [-0.05, 0) is 47.7 Å². The van der Waals surface area contributed by atoms with Crippen LogP contribution in [0, 0.1) is 5.82 Å². The molecule has 0 atom stereocenters. The Morgan fingerprint density at radius 3 is 2.50 bits per heavy atom. The van der Waals surface area contributed by atoms with Gasteiger partial charge in [0.05, 0.1) is 0 Å². The first-order valence-electron chi connectivity index (χ1n) is 11.0. The lowest BCUT2D eigenvalue weighted by molar-refractivity contribution is -0.123. The van der Waals surface area contributed by atoms with E-state index in [0.29, 0.717) is 25.5 Å². The lowest BCUT2D eigenvalue weighted by Crippen LogP contribution is -2.45. The highest BCUT2D eigenvalue weighted by atomic mass is 19.1. The van der Waals surface area contributed by atoms with Gasteiger partial charge in [0.2, 0.25) is 0 Å². The number of rotatable bonds is 8. The highest BCUT2D eigenvalue weighted by molar-refractivity contribution is 5.77. The molecule has 0 aliphatic carbocycles. The second-order valence-electron chi connectivity index (χ2n) is 8.24. The van der Waals surface area contributed by atoms with Crippen LogP contribution in [0.15, 0.2) is 78.9 Å². The fourth-order valence-corrected chi connectivity index (χ4v) is 4.22. The Hall–Kier alpha value is -3.18. The summed E-state index contributed by atoms with van der Waals surface area (Å²) >= 11 is 0. The van der Waals surface area contributed by atoms with Gasteiger partial charge in [-0.15, -0.1) is 0 Å². The minimum Gasteiger partial charge on any atom is -0.483 e. The Balaban J connectivity index is 1.38. The fourth-order valence-electron chi connectivity index (χ4n) is 4.22. The molecule has 4 nitrogen and oxygen atoms in total. The number of carbonyl (C=O) groups is 1. The molecule has 0 unspecified atom stereocenters. The maximum Gasteiger partial charge on any atom is 0.257 e. The average Bonchev–Trinajstić information content (AvgIpc) is 2.83. The molecule has 1 aliphatic heterocycles. The zero-order valence-corrected chi connectivity index (χ0v) is 18.1. The summed E-state index contributed by atoms with van der Waals surface area (Å²) in [5, 5.41) is 3.01. The van der Waals surface area contributed by atoms with E-state index in [4.69, 9.17) is 9.47 Å². The van der Waals surface area contributed by atoms with Crippen LogP contribution in [0.3, 0.4) is 0 Å². The van der Waals surface area contributed by atoms with Crippen molar-refractivity contribution in [2.45, 2.75) is 24.7 Å². The smallest absolute Gasteiger partial charge is 0.257 e. The van der Waals surface area contributed by atoms with E-state index in [1.54, 1.807) is 12.1 Å². The molecule has 0 radical (unpaired) electrons. The SMILES string of the molecule is O=C(COc1ccccc1Cc1ccccc1)NCC1(c2cccc(F)c2)CCOCC1. The number of hydrogen-bond donors (Lipinski definition) is 1. The molecule has 32 heavy (non-hydrogen) atoms. The van der Waals surface area contributed by atoms with Gasteiger partial charge in [-0.2, -0.15) is 0 Å². The fraction of sp³-hybridized carbons (Fsp3) is 0.296. The van der Waals surface area contributed by atoms with E-state index < -0.39 is 0 Å². The molecule has 0 spiro atoms. The van der Waals surface area contributed by atoms with Crippen LogP contribution < -0.4 is 10.1 Å². The van der Waals surface area contributed by atoms with E-state index in [9.17, 15) is 9.18 Å². The second kappa shape index (κ2) is 10.4. The van der Waals surface area contributed by atoms with Crippen LogP contribution in [0.4, 0.5) is 4.39 Å². The predicted molar refractivity (Wildman–Crippen MR) is 122 cm³/mol. The normalized spacial score (nSPS) is 15.2. The van der Waals surface area contributed by atoms with Crippen molar-refractivity contribution in [3.8, 4) is 5.75 Å². The quantitative estimate of drug-likeness (QED) is 0.562. The van der Waals surface area contributed by atoms with Crippen molar-refractivity contribution >= 4 is 5.91 Å². The van der Waals surface area contributed by atoms with Gasteiger partial charge in [-0.25, -0.2) is 4.39 Å². The van der Waals surface area contributed by atoms with Crippen molar-refractivity contribution in [1.29, 1.82) is 0 Å². The van der Waals surface area contributed by atoms with Crippen LogP contribution in [-0.4, -0.2) is 32.3 Å². The van der Waals surface area contributed by atoms with Crippen molar-refractivity contribution in [3.63, 3.8) is 0 Å². The predicted octanol–water partition coefficient (Wildman–Crippen LogP) is 4.66. The Labute approximate surface area is 188 Å². The summed E-state index contributed by atoms with van der Waals surface area (Å²) in [6.45, 7) is 1.54. The number of carbonyl (C=O) groups excluding carboxylic acids is 1. The molecule has 3 aromatic rings.